The van der Waals surface area contributed by atoms with Crippen LogP contribution >= 0.6 is 0 Å². The molecule has 1 aromatic rings. The fraction of sp³-hybridized carbons (Fsp3) is 0.273. The van der Waals surface area contributed by atoms with Crippen molar-refractivity contribution in [2.75, 3.05) is 18.4 Å². The largest absolute Gasteiger partial charge is 0.416 e. The third kappa shape index (κ3) is 2.53. The number of rotatable bonds is 1. The zero-order valence-corrected chi connectivity index (χ0v) is 9.17. The van der Waals surface area contributed by atoms with Gasteiger partial charge in [-0.2, -0.15) is 18.4 Å². The molecule has 0 radical (unpaired) electrons. The third-order valence-corrected chi connectivity index (χ3v) is 2.39. The van der Waals surface area contributed by atoms with Crippen LogP contribution in [-0.4, -0.2) is 19.0 Å². The maximum absolute atomic E-state index is 12.5. The first-order chi connectivity index (χ1) is 8.50. The molecule has 0 spiro atoms. The van der Waals surface area contributed by atoms with E-state index in [1.807, 2.05) is 0 Å². The Bertz CT molecular complexity index is 528. The maximum Gasteiger partial charge on any atom is 0.416 e. The predicted molar refractivity (Wildman–Crippen MR) is 60.1 cm³/mol. The van der Waals surface area contributed by atoms with Crippen LogP contribution in [0.15, 0.2) is 23.2 Å². The van der Waals surface area contributed by atoms with Gasteiger partial charge in [0.25, 0.3) is 0 Å². The van der Waals surface area contributed by atoms with Crippen molar-refractivity contribution in [1.29, 1.82) is 5.26 Å². The predicted octanol–water partition coefficient (Wildman–Crippen LogP) is 1.95. The van der Waals surface area contributed by atoms with E-state index in [1.165, 1.54) is 6.07 Å². The van der Waals surface area contributed by atoms with E-state index in [4.69, 9.17) is 5.26 Å². The van der Waals surface area contributed by atoms with Crippen LogP contribution in [0, 0.1) is 11.3 Å². The summed E-state index contributed by atoms with van der Waals surface area (Å²) in [5.74, 6) is 0.464. The van der Waals surface area contributed by atoms with E-state index in [0.717, 1.165) is 12.1 Å². The van der Waals surface area contributed by atoms with E-state index < -0.39 is 11.7 Å². The van der Waals surface area contributed by atoms with Crippen LogP contribution in [-0.2, 0) is 6.18 Å². The molecule has 0 aromatic heterocycles. The maximum atomic E-state index is 12.5. The van der Waals surface area contributed by atoms with Gasteiger partial charge in [0, 0.05) is 6.54 Å². The summed E-state index contributed by atoms with van der Waals surface area (Å²) in [7, 11) is 0. The molecular formula is C11H9F3N4. The molecule has 4 nitrogen and oxygen atoms in total. The van der Waals surface area contributed by atoms with Crippen molar-refractivity contribution in [3.05, 3.63) is 29.3 Å². The minimum Gasteiger partial charge on any atom is -0.354 e. The first-order valence-corrected chi connectivity index (χ1v) is 5.17. The lowest BCUT2D eigenvalue weighted by Crippen LogP contribution is -2.26. The van der Waals surface area contributed by atoms with E-state index in [9.17, 15) is 13.2 Å². The number of guanidine groups is 1. The number of nitriles is 1. The van der Waals surface area contributed by atoms with Crippen molar-refractivity contribution in [3.63, 3.8) is 0 Å². The van der Waals surface area contributed by atoms with Gasteiger partial charge < -0.3 is 10.6 Å². The Labute approximate surface area is 101 Å². The minimum absolute atomic E-state index is 0.0683. The van der Waals surface area contributed by atoms with Crippen molar-refractivity contribution in [2.24, 2.45) is 4.99 Å². The number of aliphatic imine (C=N–C) groups is 1. The molecule has 0 saturated carbocycles. The molecule has 2 rings (SSSR count). The van der Waals surface area contributed by atoms with Crippen molar-refractivity contribution in [1.82, 2.24) is 5.32 Å². The van der Waals surface area contributed by atoms with Crippen molar-refractivity contribution in [3.8, 4) is 6.07 Å². The number of benzene rings is 1. The van der Waals surface area contributed by atoms with E-state index in [2.05, 4.69) is 15.6 Å². The second kappa shape index (κ2) is 4.56. The molecule has 1 aliphatic heterocycles. The molecule has 0 saturated heterocycles. The Morgan fingerprint density at radius 3 is 2.72 bits per heavy atom. The highest BCUT2D eigenvalue weighted by Crippen LogP contribution is 2.31. The molecule has 1 aliphatic rings. The Hall–Kier alpha value is -2.23. The van der Waals surface area contributed by atoms with Gasteiger partial charge in [-0.25, -0.2) is 0 Å². The van der Waals surface area contributed by atoms with Crippen molar-refractivity contribution in [2.45, 2.75) is 6.18 Å². The van der Waals surface area contributed by atoms with Gasteiger partial charge in [0.2, 0.25) is 0 Å². The van der Waals surface area contributed by atoms with Gasteiger partial charge in [0.05, 0.1) is 23.4 Å². The standard InChI is InChI=1S/C11H9F3N4/c12-11(13,14)8-1-2-9(7(5-8)6-15)18-10-16-3-4-17-10/h1-2,5H,3-4H2,(H2,16,17,18). The first-order valence-electron chi connectivity index (χ1n) is 5.17. The normalized spacial score (nSPS) is 14.7. The SMILES string of the molecule is N#Cc1cc(C(F)(F)F)ccc1NC1=NCCN1. The highest BCUT2D eigenvalue weighted by atomic mass is 19.4. The van der Waals surface area contributed by atoms with Gasteiger partial charge in [0.15, 0.2) is 5.96 Å². The van der Waals surface area contributed by atoms with Crippen LogP contribution < -0.4 is 10.6 Å². The third-order valence-electron chi connectivity index (χ3n) is 2.39. The molecule has 7 heteroatoms. The lowest BCUT2D eigenvalue weighted by Gasteiger charge is -2.11. The molecule has 1 heterocycles. The summed E-state index contributed by atoms with van der Waals surface area (Å²) in [5, 5.41) is 14.6. The van der Waals surface area contributed by atoms with E-state index >= 15 is 0 Å². The second-order valence-corrected chi connectivity index (χ2v) is 3.65. The second-order valence-electron chi connectivity index (χ2n) is 3.65. The Morgan fingerprint density at radius 1 is 1.39 bits per heavy atom. The monoisotopic (exact) mass is 254 g/mol. The molecule has 0 atom stereocenters. The molecule has 0 fully saturated rings. The van der Waals surface area contributed by atoms with E-state index in [1.54, 1.807) is 6.07 Å². The van der Waals surface area contributed by atoms with Crippen LogP contribution in [0.2, 0.25) is 0 Å². The van der Waals surface area contributed by atoms with Crippen LogP contribution in [0.3, 0.4) is 0 Å². The fourth-order valence-electron chi connectivity index (χ4n) is 1.53. The van der Waals surface area contributed by atoms with Gasteiger partial charge in [0.1, 0.15) is 6.07 Å². The quantitative estimate of drug-likeness (QED) is 0.805. The van der Waals surface area contributed by atoms with Crippen LogP contribution in [0.5, 0.6) is 0 Å². The lowest BCUT2D eigenvalue weighted by atomic mass is 10.1. The molecule has 18 heavy (non-hydrogen) atoms. The molecule has 0 bridgehead atoms. The summed E-state index contributed by atoms with van der Waals surface area (Å²) in [4.78, 5) is 4.04. The topological polar surface area (TPSA) is 60.2 Å². The number of alkyl halides is 3. The number of hydrogen-bond donors (Lipinski definition) is 2. The number of anilines is 1. The molecule has 0 amide bonds. The summed E-state index contributed by atoms with van der Waals surface area (Å²) in [6, 6.07) is 4.71. The van der Waals surface area contributed by atoms with Crippen LogP contribution in [0.1, 0.15) is 11.1 Å². The number of halogens is 3. The zero-order chi connectivity index (χ0) is 13.2. The van der Waals surface area contributed by atoms with Gasteiger partial charge in [-0.1, -0.05) is 0 Å². The van der Waals surface area contributed by atoms with Crippen molar-refractivity contribution >= 4 is 11.6 Å². The molecule has 0 unspecified atom stereocenters. The number of hydrogen-bond acceptors (Lipinski definition) is 4. The van der Waals surface area contributed by atoms with Gasteiger partial charge >= 0.3 is 6.18 Å². The zero-order valence-electron chi connectivity index (χ0n) is 9.17. The van der Waals surface area contributed by atoms with Gasteiger partial charge in [-0.15, -0.1) is 0 Å². The minimum atomic E-state index is -4.45. The highest BCUT2D eigenvalue weighted by Gasteiger charge is 2.31. The van der Waals surface area contributed by atoms with Crippen LogP contribution in [0.25, 0.3) is 0 Å². The average Bonchev–Trinajstić information content (AvgIpc) is 2.81. The summed E-state index contributed by atoms with van der Waals surface area (Å²) in [6.07, 6.45) is -4.45. The van der Waals surface area contributed by atoms with E-state index in [-0.39, 0.29) is 5.56 Å². The summed E-state index contributed by atoms with van der Waals surface area (Å²) in [5.41, 5.74) is -0.606. The van der Waals surface area contributed by atoms with Gasteiger partial charge in [-0.3, -0.25) is 4.99 Å². The molecule has 2 N–H and O–H groups in total. The van der Waals surface area contributed by atoms with E-state index in [0.29, 0.717) is 24.7 Å². The number of nitrogens with one attached hydrogen (secondary N) is 2. The smallest absolute Gasteiger partial charge is 0.354 e. The Kier molecular flexibility index (Phi) is 3.10. The average molecular weight is 254 g/mol. The van der Waals surface area contributed by atoms with Crippen molar-refractivity contribution < 1.29 is 13.2 Å². The highest BCUT2D eigenvalue weighted by molar-refractivity contribution is 5.95. The molecule has 94 valence electrons. The summed E-state index contributed by atoms with van der Waals surface area (Å²) < 4.78 is 37.4. The molecular weight excluding hydrogens is 245 g/mol. The van der Waals surface area contributed by atoms with Crippen LogP contribution in [0.4, 0.5) is 18.9 Å². The summed E-state index contributed by atoms with van der Waals surface area (Å²) in [6.45, 7) is 1.27. The lowest BCUT2D eigenvalue weighted by molar-refractivity contribution is -0.137. The molecule has 0 aliphatic carbocycles. The first kappa shape index (κ1) is 12.2. The Balaban J connectivity index is 2.29. The fourth-order valence-corrected chi connectivity index (χ4v) is 1.53. The molecule has 1 aromatic carbocycles. The summed E-state index contributed by atoms with van der Waals surface area (Å²) >= 11 is 0. The van der Waals surface area contributed by atoms with Gasteiger partial charge in [-0.05, 0) is 18.2 Å². The Morgan fingerprint density at radius 2 is 2.17 bits per heavy atom. The number of nitrogens with zero attached hydrogens (tertiary/aromatic N) is 2.